The quantitative estimate of drug-likeness (QED) is 0.688. The summed E-state index contributed by atoms with van der Waals surface area (Å²) < 4.78 is 27.4. The van der Waals surface area contributed by atoms with Gasteiger partial charge in [-0.3, -0.25) is 0 Å². The van der Waals surface area contributed by atoms with Crippen LogP contribution in [0.5, 0.6) is 0 Å². The molecule has 118 valence electrons. The fourth-order valence-electron chi connectivity index (χ4n) is 2.48. The monoisotopic (exact) mass is 310 g/mol. The molecule has 2 rings (SSSR count). The van der Waals surface area contributed by atoms with Gasteiger partial charge in [0.2, 0.25) is 10.0 Å². The number of hydrogen-bond donors (Lipinski definition) is 2. The van der Waals surface area contributed by atoms with E-state index in [9.17, 15) is 8.42 Å². The van der Waals surface area contributed by atoms with Crippen LogP contribution in [-0.4, -0.2) is 27.5 Å². The van der Waals surface area contributed by atoms with Gasteiger partial charge in [0.15, 0.2) is 0 Å². The summed E-state index contributed by atoms with van der Waals surface area (Å²) in [5, 5.41) is 3.26. The maximum atomic E-state index is 12.3. The van der Waals surface area contributed by atoms with Crippen LogP contribution in [0.15, 0.2) is 29.2 Å². The average molecular weight is 310 g/mol. The van der Waals surface area contributed by atoms with Crippen LogP contribution in [0.3, 0.4) is 0 Å². The molecule has 4 nitrogen and oxygen atoms in total. The van der Waals surface area contributed by atoms with Crippen molar-refractivity contribution in [3.63, 3.8) is 0 Å². The van der Waals surface area contributed by atoms with Crippen molar-refractivity contribution in [3.8, 4) is 0 Å². The largest absolute Gasteiger partial charge is 0.317 e. The van der Waals surface area contributed by atoms with Gasteiger partial charge in [0, 0.05) is 6.04 Å². The molecule has 0 amide bonds. The lowest BCUT2D eigenvalue weighted by molar-refractivity contribution is 0.530. The Morgan fingerprint density at radius 1 is 1.24 bits per heavy atom. The second-order valence-corrected chi connectivity index (χ2v) is 7.66. The van der Waals surface area contributed by atoms with E-state index >= 15 is 0 Å². The molecule has 1 aliphatic carbocycles. The third kappa shape index (κ3) is 5.41. The molecule has 0 aliphatic heterocycles. The lowest BCUT2D eigenvalue weighted by Crippen LogP contribution is -2.32. The fraction of sp³-hybridized carbons (Fsp3) is 0.625. The lowest BCUT2D eigenvalue weighted by atomic mass is 10.1. The number of sulfonamides is 1. The van der Waals surface area contributed by atoms with E-state index in [4.69, 9.17) is 0 Å². The predicted molar refractivity (Wildman–Crippen MR) is 85.8 cm³/mol. The van der Waals surface area contributed by atoms with Crippen LogP contribution in [0, 0.1) is 5.92 Å². The fourth-order valence-corrected chi connectivity index (χ4v) is 3.74. The molecular weight excluding hydrogens is 284 g/mol. The van der Waals surface area contributed by atoms with E-state index in [0.717, 1.165) is 37.4 Å². The first-order chi connectivity index (χ1) is 10.0. The maximum absolute atomic E-state index is 12.3. The molecule has 0 bridgehead atoms. The molecular formula is C16H26N2O2S. The Bertz CT molecular complexity index is 536. The van der Waals surface area contributed by atoms with E-state index in [1.165, 1.54) is 12.8 Å². The number of nitrogens with one attached hydrogen (secondary N) is 2. The third-order valence-electron chi connectivity index (χ3n) is 3.81. The van der Waals surface area contributed by atoms with Crippen LogP contribution < -0.4 is 10.0 Å². The topological polar surface area (TPSA) is 58.2 Å². The van der Waals surface area contributed by atoms with Crippen LogP contribution in [-0.2, 0) is 16.4 Å². The zero-order valence-electron chi connectivity index (χ0n) is 12.9. The van der Waals surface area contributed by atoms with Crippen molar-refractivity contribution < 1.29 is 8.42 Å². The van der Waals surface area contributed by atoms with Gasteiger partial charge >= 0.3 is 0 Å². The van der Waals surface area contributed by atoms with E-state index < -0.39 is 10.0 Å². The molecule has 1 aromatic rings. The highest BCUT2D eigenvalue weighted by Crippen LogP contribution is 2.33. The summed E-state index contributed by atoms with van der Waals surface area (Å²) in [5.41, 5.74) is 1.15. The van der Waals surface area contributed by atoms with Gasteiger partial charge in [0.1, 0.15) is 0 Å². The Balaban J connectivity index is 1.92. The van der Waals surface area contributed by atoms with E-state index in [1.807, 2.05) is 19.1 Å². The Morgan fingerprint density at radius 3 is 2.48 bits per heavy atom. The molecule has 1 atom stereocenters. The molecule has 1 unspecified atom stereocenters. The summed E-state index contributed by atoms with van der Waals surface area (Å²) in [7, 11) is -3.38. The van der Waals surface area contributed by atoms with Crippen molar-refractivity contribution in [2.75, 3.05) is 13.1 Å². The summed E-state index contributed by atoms with van der Waals surface area (Å²) in [6, 6.07) is 7.21. The van der Waals surface area contributed by atoms with Gasteiger partial charge < -0.3 is 5.32 Å². The molecule has 1 saturated carbocycles. The van der Waals surface area contributed by atoms with Crippen molar-refractivity contribution in [3.05, 3.63) is 29.8 Å². The zero-order chi connectivity index (χ0) is 15.3. The van der Waals surface area contributed by atoms with Gasteiger partial charge in [-0.05, 0) is 56.5 Å². The smallest absolute Gasteiger partial charge is 0.240 e. The van der Waals surface area contributed by atoms with Crippen LogP contribution in [0.4, 0.5) is 0 Å². The molecule has 0 saturated heterocycles. The normalized spacial score (nSPS) is 16.9. The van der Waals surface area contributed by atoms with Gasteiger partial charge in [-0.1, -0.05) is 31.9 Å². The van der Waals surface area contributed by atoms with E-state index in [-0.39, 0.29) is 6.04 Å². The van der Waals surface area contributed by atoms with Crippen LogP contribution >= 0.6 is 0 Å². The van der Waals surface area contributed by atoms with Crippen molar-refractivity contribution in [2.45, 2.75) is 50.5 Å². The first-order valence-electron chi connectivity index (χ1n) is 7.83. The Labute approximate surface area is 128 Å². The molecule has 21 heavy (non-hydrogen) atoms. The second-order valence-electron chi connectivity index (χ2n) is 5.95. The molecule has 0 radical (unpaired) electrons. The standard InChI is InChI=1S/C16H26N2O2S/c1-3-17-11-10-14-6-8-16(9-7-14)21(19,20)18-13(2)12-15-4-5-15/h6-9,13,15,17-18H,3-5,10-12H2,1-2H3. The summed E-state index contributed by atoms with van der Waals surface area (Å²) in [6.07, 6.45) is 4.35. The predicted octanol–water partition coefficient (Wildman–Crippen LogP) is 2.31. The number of rotatable bonds is 9. The van der Waals surface area contributed by atoms with Crippen molar-refractivity contribution in [1.29, 1.82) is 0 Å². The van der Waals surface area contributed by atoms with Crippen LogP contribution in [0.2, 0.25) is 0 Å². The molecule has 1 fully saturated rings. The third-order valence-corrected chi connectivity index (χ3v) is 5.42. The summed E-state index contributed by atoms with van der Waals surface area (Å²) in [4.78, 5) is 0.359. The Kier molecular flexibility index (Phi) is 5.79. The Morgan fingerprint density at radius 2 is 1.90 bits per heavy atom. The minimum atomic E-state index is -3.38. The molecule has 0 spiro atoms. The van der Waals surface area contributed by atoms with E-state index in [2.05, 4.69) is 17.0 Å². The average Bonchev–Trinajstić information content (AvgIpc) is 3.23. The summed E-state index contributed by atoms with van der Waals surface area (Å²) in [6.45, 7) is 5.89. The van der Waals surface area contributed by atoms with Gasteiger partial charge in [0.25, 0.3) is 0 Å². The first kappa shape index (κ1) is 16.5. The molecule has 2 N–H and O–H groups in total. The highest BCUT2D eigenvalue weighted by atomic mass is 32.2. The van der Waals surface area contributed by atoms with Crippen molar-refractivity contribution in [2.24, 2.45) is 5.92 Å². The highest BCUT2D eigenvalue weighted by molar-refractivity contribution is 7.89. The highest BCUT2D eigenvalue weighted by Gasteiger charge is 2.26. The molecule has 1 aromatic carbocycles. The van der Waals surface area contributed by atoms with Gasteiger partial charge in [-0.15, -0.1) is 0 Å². The molecule has 0 heterocycles. The number of hydrogen-bond acceptors (Lipinski definition) is 3. The van der Waals surface area contributed by atoms with E-state index in [1.54, 1.807) is 12.1 Å². The second kappa shape index (κ2) is 7.38. The minimum absolute atomic E-state index is 0.0101. The minimum Gasteiger partial charge on any atom is -0.317 e. The zero-order valence-corrected chi connectivity index (χ0v) is 13.7. The van der Waals surface area contributed by atoms with Crippen molar-refractivity contribution >= 4 is 10.0 Å². The lowest BCUT2D eigenvalue weighted by Gasteiger charge is -2.14. The summed E-state index contributed by atoms with van der Waals surface area (Å²) >= 11 is 0. The number of likely N-dealkylation sites (N-methyl/N-ethyl adjacent to an activating group) is 1. The first-order valence-corrected chi connectivity index (χ1v) is 9.31. The molecule has 1 aliphatic rings. The Hall–Kier alpha value is -0.910. The van der Waals surface area contributed by atoms with Gasteiger partial charge in [-0.2, -0.15) is 0 Å². The SMILES string of the molecule is CCNCCc1ccc(S(=O)(=O)NC(C)CC2CC2)cc1. The van der Waals surface area contributed by atoms with Crippen LogP contribution in [0.1, 0.15) is 38.7 Å². The maximum Gasteiger partial charge on any atom is 0.240 e. The van der Waals surface area contributed by atoms with Crippen LogP contribution in [0.25, 0.3) is 0 Å². The summed E-state index contributed by atoms with van der Waals surface area (Å²) in [5.74, 6) is 0.719. The van der Waals surface area contributed by atoms with Gasteiger partial charge in [-0.25, -0.2) is 13.1 Å². The van der Waals surface area contributed by atoms with E-state index in [0.29, 0.717) is 4.90 Å². The molecule has 5 heteroatoms. The van der Waals surface area contributed by atoms with Crippen molar-refractivity contribution in [1.82, 2.24) is 10.0 Å². The molecule has 0 aromatic heterocycles. The van der Waals surface area contributed by atoms with Gasteiger partial charge in [0.05, 0.1) is 4.90 Å². The number of benzene rings is 1.